The Hall–Kier alpha value is -1.79. The normalized spacial score (nSPS) is 12.7. The van der Waals surface area contributed by atoms with E-state index in [0.29, 0.717) is 12.2 Å². The van der Waals surface area contributed by atoms with Crippen molar-refractivity contribution in [2.24, 2.45) is 0 Å². The summed E-state index contributed by atoms with van der Waals surface area (Å²) in [5, 5.41) is 1.87. The van der Waals surface area contributed by atoms with Crippen LogP contribution in [0, 0.1) is 0 Å². The lowest BCUT2D eigenvalue weighted by atomic mass is 10.4. The first-order valence-electron chi connectivity index (χ1n) is 7.71. The van der Waals surface area contributed by atoms with Crippen LogP contribution < -0.4 is 9.12 Å². The van der Waals surface area contributed by atoms with E-state index >= 15 is 0 Å². The summed E-state index contributed by atoms with van der Waals surface area (Å²) in [6.45, 7) is 0.358. The fourth-order valence-corrected chi connectivity index (χ4v) is 4.95. The lowest BCUT2D eigenvalue weighted by Crippen LogP contribution is -2.24. The van der Waals surface area contributed by atoms with Crippen LogP contribution in [0.25, 0.3) is 4.96 Å². The highest BCUT2D eigenvalue weighted by atomic mass is 32.2. The number of aryl methyl sites for hydroxylation is 1. The predicted molar refractivity (Wildman–Crippen MR) is 95.1 cm³/mol. The monoisotopic (exact) mass is 415 g/mol. The van der Waals surface area contributed by atoms with Crippen molar-refractivity contribution in [1.29, 1.82) is 0 Å². The summed E-state index contributed by atoms with van der Waals surface area (Å²) in [5.74, 6) is -0.460. The molecule has 0 spiro atoms. The number of aromatic nitrogens is 2. The van der Waals surface area contributed by atoms with Gasteiger partial charge in [-0.25, -0.2) is 26.1 Å². The smallest absolute Gasteiger partial charge is 0.345 e. The van der Waals surface area contributed by atoms with Crippen molar-refractivity contribution in [3.8, 4) is 0 Å². The van der Waals surface area contributed by atoms with Crippen molar-refractivity contribution < 1.29 is 25.8 Å². The zero-order valence-electron chi connectivity index (χ0n) is 13.6. The molecule has 0 unspecified atom stereocenters. The molecule has 0 saturated carbocycles. The molecule has 1 aromatic carbocycles. The Labute approximate surface area is 155 Å². The number of nitrogens with zero attached hydrogens (tertiary/aromatic N) is 2. The quantitative estimate of drug-likeness (QED) is 0.430. The number of benzene rings is 1. The maximum Gasteiger partial charge on any atom is 0.345 e. The molecule has 2 aromatic heterocycles. The van der Waals surface area contributed by atoms with Gasteiger partial charge in [-0.15, -0.1) is 0 Å². The highest BCUT2D eigenvalue weighted by Gasteiger charge is 2.21. The number of fused-ring (bicyclic) bond motifs is 1. The van der Waals surface area contributed by atoms with E-state index < -0.39 is 25.9 Å². The summed E-state index contributed by atoms with van der Waals surface area (Å²) in [6.07, 6.45) is 3.77. The van der Waals surface area contributed by atoms with E-state index in [-0.39, 0.29) is 17.9 Å². The molecule has 26 heavy (non-hydrogen) atoms. The van der Waals surface area contributed by atoms with Gasteiger partial charge >= 0.3 is 4.96 Å². The SMILES string of the molecule is O=S(=O)([O-])CCCn1c(CNS(=O)(=O)c2ccccc2)c[n+]2ccsc12. The number of hydrogen-bond donors (Lipinski definition) is 1. The van der Waals surface area contributed by atoms with Gasteiger partial charge in [0.05, 0.1) is 28.1 Å². The number of rotatable bonds is 8. The van der Waals surface area contributed by atoms with Gasteiger partial charge in [0.2, 0.25) is 10.0 Å². The molecule has 0 amide bonds. The van der Waals surface area contributed by atoms with Crippen molar-refractivity contribution >= 4 is 36.4 Å². The largest absolute Gasteiger partial charge is 0.748 e. The first-order valence-corrected chi connectivity index (χ1v) is 11.7. The van der Waals surface area contributed by atoms with Crippen LogP contribution in [0.5, 0.6) is 0 Å². The summed E-state index contributed by atoms with van der Waals surface area (Å²) in [4.78, 5) is 1.01. The molecule has 3 aromatic rings. The zero-order valence-corrected chi connectivity index (χ0v) is 16.1. The van der Waals surface area contributed by atoms with E-state index in [9.17, 15) is 21.4 Å². The minimum absolute atomic E-state index is 0.0513. The molecule has 0 radical (unpaired) electrons. The molecule has 2 heterocycles. The van der Waals surface area contributed by atoms with Crippen LogP contribution in [0.15, 0.2) is 53.0 Å². The topological polar surface area (TPSA) is 112 Å². The lowest BCUT2D eigenvalue weighted by molar-refractivity contribution is -0.506. The van der Waals surface area contributed by atoms with Gasteiger partial charge in [0.25, 0.3) is 0 Å². The van der Waals surface area contributed by atoms with E-state index in [2.05, 4.69) is 4.72 Å². The Morgan fingerprint density at radius 3 is 2.58 bits per heavy atom. The average Bonchev–Trinajstić information content (AvgIpc) is 3.15. The zero-order chi connectivity index (χ0) is 18.8. The Morgan fingerprint density at radius 1 is 1.15 bits per heavy atom. The molecule has 0 saturated heterocycles. The van der Waals surface area contributed by atoms with Gasteiger partial charge in [-0.05, 0) is 18.6 Å². The van der Waals surface area contributed by atoms with E-state index in [1.165, 1.54) is 23.5 Å². The van der Waals surface area contributed by atoms with E-state index in [1.54, 1.807) is 24.4 Å². The van der Waals surface area contributed by atoms with Crippen molar-refractivity contribution in [3.05, 3.63) is 53.8 Å². The van der Waals surface area contributed by atoms with Gasteiger partial charge < -0.3 is 4.55 Å². The first kappa shape index (κ1) is 19.0. The predicted octanol–water partition coefficient (Wildman–Crippen LogP) is 0.702. The molecule has 0 aliphatic rings. The second kappa shape index (κ2) is 7.45. The molecular weight excluding hydrogens is 398 g/mol. The van der Waals surface area contributed by atoms with Gasteiger partial charge in [-0.3, -0.25) is 0 Å². The van der Waals surface area contributed by atoms with Gasteiger partial charge in [0.1, 0.15) is 12.4 Å². The van der Waals surface area contributed by atoms with Crippen LogP contribution in [-0.4, -0.2) is 31.7 Å². The third-order valence-corrected chi connectivity index (χ3v) is 6.86. The summed E-state index contributed by atoms with van der Waals surface area (Å²) < 4.78 is 63.4. The second-order valence-corrected chi connectivity index (χ2v) is 9.78. The number of thiazole rings is 1. The molecule has 1 N–H and O–H groups in total. The van der Waals surface area contributed by atoms with Gasteiger partial charge in [0, 0.05) is 11.1 Å². The molecule has 0 aliphatic heterocycles. The number of imidazole rings is 1. The molecular formula is C15H17N3O5S3. The van der Waals surface area contributed by atoms with Crippen LogP contribution in [0.3, 0.4) is 0 Å². The summed E-state index contributed by atoms with van der Waals surface area (Å²) >= 11 is 1.44. The molecule has 0 aliphatic carbocycles. The van der Waals surface area contributed by atoms with Crippen LogP contribution in [0.1, 0.15) is 12.1 Å². The van der Waals surface area contributed by atoms with E-state index in [0.717, 1.165) is 4.96 Å². The van der Waals surface area contributed by atoms with Crippen LogP contribution >= 0.6 is 11.3 Å². The number of hydrogen-bond acceptors (Lipinski definition) is 6. The fourth-order valence-electron chi connectivity index (χ4n) is 2.57. The van der Waals surface area contributed by atoms with Gasteiger partial charge in [0.15, 0.2) is 5.69 Å². The van der Waals surface area contributed by atoms with Gasteiger partial charge in [-0.2, -0.15) is 4.40 Å². The highest BCUT2D eigenvalue weighted by Crippen LogP contribution is 2.14. The van der Waals surface area contributed by atoms with Crippen LogP contribution in [0.2, 0.25) is 0 Å². The summed E-state index contributed by atoms with van der Waals surface area (Å²) in [5.41, 5.74) is 0.680. The Bertz CT molecular complexity index is 1100. The molecule has 8 nitrogen and oxygen atoms in total. The Balaban J connectivity index is 1.79. The molecule has 0 atom stereocenters. The third-order valence-electron chi connectivity index (χ3n) is 3.75. The molecule has 11 heteroatoms. The summed E-state index contributed by atoms with van der Waals surface area (Å²) in [7, 11) is -7.93. The minimum atomic E-state index is -4.28. The number of nitrogens with one attached hydrogen (secondary N) is 1. The fraction of sp³-hybridized carbons (Fsp3) is 0.267. The maximum absolute atomic E-state index is 12.4. The van der Waals surface area contributed by atoms with Crippen LogP contribution in [0.4, 0.5) is 0 Å². The average molecular weight is 416 g/mol. The minimum Gasteiger partial charge on any atom is -0.748 e. The molecule has 3 rings (SSSR count). The lowest BCUT2D eigenvalue weighted by Gasteiger charge is -2.07. The highest BCUT2D eigenvalue weighted by molar-refractivity contribution is 7.89. The first-order chi connectivity index (χ1) is 12.3. The van der Waals surface area contributed by atoms with E-state index in [4.69, 9.17) is 0 Å². The maximum atomic E-state index is 12.4. The Kier molecular flexibility index (Phi) is 5.44. The molecule has 0 fully saturated rings. The number of sulfonamides is 1. The van der Waals surface area contributed by atoms with Crippen LogP contribution in [-0.2, 0) is 33.2 Å². The Morgan fingerprint density at radius 2 is 1.88 bits per heavy atom. The van der Waals surface area contributed by atoms with Crippen molar-refractivity contribution in [2.45, 2.75) is 24.4 Å². The van der Waals surface area contributed by atoms with Crippen molar-refractivity contribution in [1.82, 2.24) is 9.29 Å². The summed E-state index contributed by atoms with van der Waals surface area (Å²) in [6, 6.07) is 8.04. The van der Waals surface area contributed by atoms with Gasteiger partial charge in [-0.1, -0.05) is 29.5 Å². The van der Waals surface area contributed by atoms with E-state index in [1.807, 2.05) is 20.5 Å². The molecule has 0 bridgehead atoms. The van der Waals surface area contributed by atoms with Crippen molar-refractivity contribution in [3.63, 3.8) is 0 Å². The van der Waals surface area contributed by atoms with Crippen molar-refractivity contribution in [2.75, 3.05) is 5.75 Å². The second-order valence-electron chi connectivity index (χ2n) is 5.62. The third kappa shape index (κ3) is 4.48. The standard InChI is InChI=1S/C15H17N3O5S3/c19-25(20,21)10-4-7-18-13(12-17-8-9-24-15(17)18)11-16-26(22,23)14-5-2-1-3-6-14/h1-3,5-6,8-9,12,16H,4,7,10-11H2. The molecule has 140 valence electrons.